The number of rotatable bonds is 4. The van der Waals surface area contributed by atoms with Crippen molar-refractivity contribution in [3.05, 3.63) is 41.5 Å². The van der Waals surface area contributed by atoms with E-state index in [2.05, 4.69) is 5.32 Å². The standard InChI is InChI=1S/C18H19ClN2O3S/c1-12-15(18(23)21-7-9-24-10-8-21)17(20-14(22)11-19)25-16(12)13-5-3-2-4-6-13/h2-6H,7-11H2,1H3,(H,20,22). The number of benzene rings is 1. The van der Waals surface area contributed by atoms with Gasteiger partial charge in [-0.05, 0) is 18.1 Å². The second-order valence-electron chi connectivity index (χ2n) is 5.71. The first-order chi connectivity index (χ1) is 12.1. The number of hydrogen-bond donors (Lipinski definition) is 1. The minimum absolute atomic E-state index is 0.0795. The van der Waals surface area contributed by atoms with E-state index in [9.17, 15) is 9.59 Å². The number of alkyl halides is 1. The Kier molecular flexibility index (Phi) is 5.73. The third-order valence-electron chi connectivity index (χ3n) is 4.07. The second-order valence-corrected chi connectivity index (χ2v) is 7.00. The molecule has 1 aromatic carbocycles. The van der Waals surface area contributed by atoms with Crippen LogP contribution in [0.3, 0.4) is 0 Å². The van der Waals surface area contributed by atoms with Gasteiger partial charge in [0, 0.05) is 18.0 Å². The van der Waals surface area contributed by atoms with Crippen LogP contribution in [-0.2, 0) is 9.53 Å². The average Bonchev–Trinajstić information content (AvgIpc) is 2.98. The zero-order valence-electron chi connectivity index (χ0n) is 13.9. The summed E-state index contributed by atoms with van der Waals surface area (Å²) in [5.74, 6) is -0.550. The number of thiophene rings is 1. The fraction of sp³-hybridized carbons (Fsp3) is 0.333. The Labute approximate surface area is 155 Å². The lowest BCUT2D eigenvalue weighted by molar-refractivity contribution is -0.113. The molecule has 2 heterocycles. The summed E-state index contributed by atoms with van der Waals surface area (Å²) < 4.78 is 5.32. The summed E-state index contributed by atoms with van der Waals surface area (Å²) in [5, 5.41) is 3.33. The predicted molar refractivity (Wildman–Crippen MR) is 101 cm³/mol. The Morgan fingerprint density at radius 3 is 2.56 bits per heavy atom. The molecule has 1 saturated heterocycles. The molecule has 132 valence electrons. The van der Waals surface area contributed by atoms with Crippen molar-refractivity contribution in [3.8, 4) is 10.4 Å². The van der Waals surface area contributed by atoms with Gasteiger partial charge in [0.05, 0.1) is 18.8 Å². The molecule has 3 rings (SSSR count). The van der Waals surface area contributed by atoms with Gasteiger partial charge in [0.15, 0.2) is 0 Å². The number of halogens is 1. The molecule has 1 fully saturated rings. The van der Waals surface area contributed by atoms with Gasteiger partial charge in [-0.1, -0.05) is 30.3 Å². The second kappa shape index (κ2) is 7.99. The molecule has 2 amide bonds. The molecule has 0 spiro atoms. The number of morpholine rings is 1. The normalized spacial score (nSPS) is 14.4. The molecule has 1 aromatic heterocycles. The molecule has 1 aliphatic rings. The summed E-state index contributed by atoms with van der Waals surface area (Å²) in [6.45, 7) is 4.09. The molecule has 0 saturated carbocycles. The number of carbonyl (C=O) groups is 2. The van der Waals surface area contributed by atoms with Crippen molar-refractivity contribution in [2.75, 3.05) is 37.5 Å². The number of nitrogens with zero attached hydrogens (tertiary/aromatic N) is 1. The highest BCUT2D eigenvalue weighted by molar-refractivity contribution is 7.20. The minimum Gasteiger partial charge on any atom is -0.378 e. The van der Waals surface area contributed by atoms with Crippen molar-refractivity contribution in [3.63, 3.8) is 0 Å². The number of ether oxygens (including phenoxy) is 1. The lowest BCUT2D eigenvalue weighted by Gasteiger charge is -2.27. The first kappa shape index (κ1) is 17.9. The molecule has 0 radical (unpaired) electrons. The summed E-state index contributed by atoms with van der Waals surface area (Å²) in [7, 11) is 0. The fourth-order valence-electron chi connectivity index (χ4n) is 2.81. The van der Waals surface area contributed by atoms with Crippen LogP contribution in [0.25, 0.3) is 10.4 Å². The summed E-state index contributed by atoms with van der Waals surface area (Å²) in [6, 6.07) is 9.84. The highest BCUT2D eigenvalue weighted by Crippen LogP contribution is 2.40. The molecule has 7 heteroatoms. The number of nitrogens with one attached hydrogen (secondary N) is 1. The van der Waals surface area contributed by atoms with Gasteiger partial charge >= 0.3 is 0 Å². The van der Waals surface area contributed by atoms with E-state index in [-0.39, 0.29) is 17.7 Å². The van der Waals surface area contributed by atoms with Crippen LogP contribution in [0.5, 0.6) is 0 Å². The van der Waals surface area contributed by atoms with E-state index >= 15 is 0 Å². The Bertz CT molecular complexity index is 770. The van der Waals surface area contributed by atoms with E-state index in [4.69, 9.17) is 16.3 Å². The van der Waals surface area contributed by atoms with Crippen molar-refractivity contribution >= 4 is 39.8 Å². The zero-order valence-corrected chi connectivity index (χ0v) is 15.5. The molecule has 0 atom stereocenters. The summed E-state index contributed by atoms with van der Waals surface area (Å²) in [6.07, 6.45) is 0. The Balaban J connectivity index is 2.03. The van der Waals surface area contributed by atoms with Gasteiger partial charge in [0.2, 0.25) is 5.91 Å². The SMILES string of the molecule is Cc1c(-c2ccccc2)sc(NC(=O)CCl)c1C(=O)N1CCOCC1. The van der Waals surface area contributed by atoms with Crippen LogP contribution in [0.15, 0.2) is 30.3 Å². The Morgan fingerprint density at radius 2 is 1.92 bits per heavy atom. The first-order valence-electron chi connectivity index (χ1n) is 8.03. The number of anilines is 1. The zero-order chi connectivity index (χ0) is 17.8. The van der Waals surface area contributed by atoms with Crippen molar-refractivity contribution < 1.29 is 14.3 Å². The number of amides is 2. The van der Waals surface area contributed by atoms with Crippen LogP contribution in [0.1, 0.15) is 15.9 Å². The molecule has 25 heavy (non-hydrogen) atoms. The van der Waals surface area contributed by atoms with E-state index < -0.39 is 0 Å². The highest BCUT2D eigenvalue weighted by atomic mass is 35.5. The summed E-state index contributed by atoms with van der Waals surface area (Å²) in [5.41, 5.74) is 2.44. The van der Waals surface area contributed by atoms with Gasteiger partial charge < -0.3 is 15.0 Å². The minimum atomic E-state index is -0.321. The van der Waals surface area contributed by atoms with Crippen LogP contribution in [0.2, 0.25) is 0 Å². The molecule has 0 unspecified atom stereocenters. The number of hydrogen-bond acceptors (Lipinski definition) is 4. The monoisotopic (exact) mass is 378 g/mol. The van der Waals surface area contributed by atoms with E-state index in [1.54, 1.807) is 4.90 Å². The molecule has 0 bridgehead atoms. The van der Waals surface area contributed by atoms with Gasteiger partial charge in [-0.3, -0.25) is 9.59 Å². The summed E-state index contributed by atoms with van der Waals surface area (Å²) >= 11 is 7.03. The maximum absolute atomic E-state index is 13.0. The van der Waals surface area contributed by atoms with Crippen LogP contribution < -0.4 is 5.32 Å². The van der Waals surface area contributed by atoms with Gasteiger partial charge in [0.25, 0.3) is 5.91 Å². The van der Waals surface area contributed by atoms with Crippen molar-refractivity contribution in [1.82, 2.24) is 4.90 Å². The summed E-state index contributed by atoms with van der Waals surface area (Å²) in [4.78, 5) is 27.6. The fourth-order valence-corrected chi connectivity index (χ4v) is 4.10. The van der Waals surface area contributed by atoms with Gasteiger partial charge in [-0.25, -0.2) is 0 Å². The maximum atomic E-state index is 13.0. The largest absolute Gasteiger partial charge is 0.378 e. The molecular formula is C18H19ClN2O3S. The highest BCUT2D eigenvalue weighted by Gasteiger charge is 2.27. The maximum Gasteiger partial charge on any atom is 0.257 e. The lowest BCUT2D eigenvalue weighted by atomic mass is 10.1. The van der Waals surface area contributed by atoms with E-state index in [1.165, 1.54) is 11.3 Å². The van der Waals surface area contributed by atoms with E-state index in [0.717, 1.165) is 16.0 Å². The van der Waals surface area contributed by atoms with Crippen molar-refractivity contribution in [2.45, 2.75) is 6.92 Å². The van der Waals surface area contributed by atoms with E-state index in [1.807, 2.05) is 37.3 Å². The van der Waals surface area contributed by atoms with Crippen LogP contribution in [0, 0.1) is 6.92 Å². The Morgan fingerprint density at radius 1 is 1.24 bits per heavy atom. The molecule has 5 nitrogen and oxygen atoms in total. The van der Waals surface area contributed by atoms with Crippen LogP contribution >= 0.6 is 22.9 Å². The molecule has 0 aliphatic carbocycles. The molecule has 1 aliphatic heterocycles. The van der Waals surface area contributed by atoms with Crippen LogP contribution in [0.4, 0.5) is 5.00 Å². The first-order valence-corrected chi connectivity index (χ1v) is 9.38. The molecule has 1 N–H and O–H groups in total. The lowest BCUT2D eigenvalue weighted by Crippen LogP contribution is -2.41. The van der Waals surface area contributed by atoms with Crippen molar-refractivity contribution in [2.24, 2.45) is 0 Å². The van der Waals surface area contributed by atoms with Crippen LogP contribution in [-0.4, -0.2) is 48.9 Å². The number of carbonyl (C=O) groups excluding carboxylic acids is 2. The third-order valence-corrected chi connectivity index (χ3v) is 5.57. The third kappa shape index (κ3) is 3.86. The van der Waals surface area contributed by atoms with E-state index in [0.29, 0.717) is 36.9 Å². The van der Waals surface area contributed by atoms with Crippen molar-refractivity contribution in [1.29, 1.82) is 0 Å². The predicted octanol–water partition coefficient (Wildman–Crippen LogP) is 3.37. The average molecular weight is 379 g/mol. The van der Waals surface area contributed by atoms with Gasteiger partial charge in [0.1, 0.15) is 10.9 Å². The topological polar surface area (TPSA) is 58.6 Å². The quantitative estimate of drug-likeness (QED) is 0.830. The molecule has 2 aromatic rings. The van der Waals surface area contributed by atoms with Gasteiger partial charge in [-0.15, -0.1) is 22.9 Å². The Hall–Kier alpha value is -1.89. The smallest absolute Gasteiger partial charge is 0.257 e. The van der Waals surface area contributed by atoms with Gasteiger partial charge in [-0.2, -0.15) is 0 Å². The molecular weight excluding hydrogens is 360 g/mol.